The lowest BCUT2D eigenvalue weighted by atomic mass is 10.5. The largest absolute Gasteiger partial charge is 0.353 e. The topological polar surface area (TPSA) is 52.6 Å². The normalized spacial score (nSPS) is 12.2. The maximum atomic E-state index is 11.6. The average Bonchev–Trinajstić information content (AvgIpc) is 2.05. The lowest BCUT2D eigenvalue weighted by molar-refractivity contribution is -0.107. The molecule has 0 aliphatic rings. The van der Waals surface area contributed by atoms with Crippen LogP contribution in [0.1, 0.15) is 20.3 Å². The summed E-state index contributed by atoms with van der Waals surface area (Å²) in [6.45, 7) is 4.11. The van der Waals surface area contributed by atoms with Crippen LogP contribution in [0.5, 0.6) is 0 Å². The molecule has 0 aromatic carbocycles. The highest BCUT2D eigenvalue weighted by molar-refractivity contribution is 7.57. The summed E-state index contributed by atoms with van der Waals surface area (Å²) in [5.74, 6) is 1.33. The van der Waals surface area contributed by atoms with Crippen molar-refractivity contribution in [2.75, 3.05) is 13.2 Å². The maximum Gasteiger partial charge on any atom is 0.353 e. The third kappa shape index (κ3) is 5.75. The molecule has 0 fully saturated rings. The minimum atomic E-state index is -3.09. The Morgan fingerprint density at radius 2 is 1.77 bits per heavy atom. The zero-order valence-corrected chi connectivity index (χ0v) is 8.83. The van der Waals surface area contributed by atoms with E-state index in [1.165, 1.54) is 11.9 Å². The van der Waals surface area contributed by atoms with Gasteiger partial charge in [0.1, 0.15) is 6.29 Å². The van der Waals surface area contributed by atoms with E-state index >= 15 is 0 Å². The summed E-state index contributed by atoms with van der Waals surface area (Å²) >= 11 is 0. The van der Waals surface area contributed by atoms with Crippen molar-refractivity contribution in [2.24, 2.45) is 0 Å². The lowest BCUT2D eigenvalue weighted by Gasteiger charge is -2.11. The minimum absolute atomic E-state index is 0.226. The van der Waals surface area contributed by atoms with Crippen molar-refractivity contribution in [3.05, 3.63) is 11.9 Å². The lowest BCUT2D eigenvalue weighted by Crippen LogP contribution is -1.92. The van der Waals surface area contributed by atoms with Crippen molar-refractivity contribution < 1.29 is 18.4 Å². The van der Waals surface area contributed by atoms with Crippen molar-refractivity contribution in [2.45, 2.75) is 20.3 Å². The Bertz CT molecular complexity index is 202. The molecule has 0 unspecified atom stereocenters. The van der Waals surface area contributed by atoms with Gasteiger partial charge in [-0.15, -0.1) is 0 Å². The first-order valence-corrected chi connectivity index (χ1v) is 5.79. The van der Waals surface area contributed by atoms with E-state index in [1.54, 1.807) is 13.8 Å². The number of allylic oxidation sites excluding steroid dienone is 1. The fraction of sp³-hybridized carbons (Fsp3) is 0.625. The Morgan fingerprint density at radius 3 is 2.15 bits per heavy atom. The van der Waals surface area contributed by atoms with E-state index in [0.29, 0.717) is 13.2 Å². The van der Waals surface area contributed by atoms with Gasteiger partial charge in [0.2, 0.25) is 0 Å². The van der Waals surface area contributed by atoms with Crippen LogP contribution in [0.15, 0.2) is 11.9 Å². The van der Waals surface area contributed by atoms with Crippen LogP contribution in [-0.4, -0.2) is 19.5 Å². The molecular formula is C8H15O4P. The Hall–Kier alpha value is -0.440. The molecular weight excluding hydrogens is 191 g/mol. The number of hydrogen-bond donors (Lipinski definition) is 0. The average molecular weight is 206 g/mol. The van der Waals surface area contributed by atoms with Crippen molar-refractivity contribution >= 4 is 13.9 Å². The first-order valence-electron chi connectivity index (χ1n) is 4.18. The molecule has 0 amide bonds. The van der Waals surface area contributed by atoms with Crippen LogP contribution >= 0.6 is 7.60 Å². The molecule has 76 valence electrons. The second kappa shape index (κ2) is 7.01. The second-order valence-electron chi connectivity index (χ2n) is 2.16. The third-order valence-electron chi connectivity index (χ3n) is 1.14. The van der Waals surface area contributed by atoms with E-state index in [2.05, 4.69) is 0 Å². The predicted molar refractivity (Wildman–Crippen MR) is 50.7 cm³/mol. The number of hydrogen-bond acceptors (Lipinski definition) is 4. The summed E-state index contributed by atoms with van der Waals surface area (Å²) in [6.07, 6.45) is 2.43. The zero-order chi connectivity index (χ0) is 10.2. The highest BCUT2D eigenvalue weighted by Gasteiger charge is 2.18. The van der Waals surface area contributed by atoms with Gasteiger partial charge in [-0.1, -0.05) is 6.08 Å². The monoisotopic (exact) mass is 206 g/mol. The van der Waals surface area contributed by atoms with Gasteiger partial charge in [0.05, 0.1) is 13.2 Å². The maximum absolute atomic E-state index is 11.6. The summed E-state index contributed by atoms with van der Waals surface area (Å²) < 4.78 is 21.5. The molecule has 0 heterocycles. The minimum Gasteiger partial charge on any atom is -0.306 e. The molecule has 0 rings (SSSR count). The van der Waals surface area contributed by atoms with Gasteiger partial charge < -0.3 is 13.8 Å². The third-order valence-corrected chi connectivity index (χ3v) is 2.95. The van der Waals surface area contributed by atoms with Crippen LogP contribution in [-0.2, 0) is 18.4 Å². The van der Waals surface area contributed by atoms with E-state index in [1.807, 2.05) is 0 Å². The molecule has 0 radical (unpaired) electrons. The SMILES string of the molecule is CCOP(=O)(C=CCC=O)OCC. The smallest absolute Gasteiger partial charge is 0.306 e. The summed E-state index contributed by atoms with van der Waals surface area (Å²) in [6, 6.07) is 0. The molecule has 0 saturated carbocycles. The zero-order valence-electron chi connectivity index (χ0n) is 7.93. The number of aldehydes is 1. The molecule has 0 aromatic heterocycles. The van der Waals surface area contributed by atoms with Crippen molar-refractivity contribution in [3.8, 4) is 0 Å². The Labute approximate surface area is 78.5 Å². The van der Waals surface area contributed by atoms with Gasteiger partial charge in [-0.3, -0.25) is 4.57 Å². The molecule has 0 aliphatic heterocycles. The van der Waals surface area contributed by atoms with E-state index < -0.39 is 7.60 Å². The summed E-state index contributed by atoms with van der Waals surface area (Å²) in [4.78, 5) is 9.98. The molecule has 0 N–H and O–H groups in total. The van der Waals surface area contributed by atoms with Gasteiger partial charge >= 0.3 is 7.60 Å². The van der Waals surface area contributed by atoms with Gasteiger partial charge in [-0.25, -0.2) is 0 Å². The van der Waals surface area contributed by atoms with Crippen LogP contribution in [0, 0.1) is 0 Å². The van der Waals surface area contributed by atoms with Crippen LogP contribution in [0.4, 0.5) is 0 Å². The Morgan fingerprint density at radius 1 is 1.23 bits per heavy atom. The number of rotatable bonds is 7. The quantitative estimate of drug-likeness (QED) is 0.474. The van der Waals surface area contributed by atoms with E-state index in [4.69, 9.17) is 9.05 Å². The molecule has 0 spiro atoms. The molecule has 4 nitrogen and oxygen atoms in total. The molecule has 0 saturated heterocycles. The molecule has 0 aliphatic carbocycles. The highest BCUT2D eigenvalue weighted by atomic mass is 31.2. The molecule has 0 bridgehead atoms. The molecule has 5 heteroatoms. The fourth-order valence-corrected chi connectivity index (χ4v) is 2.08. The van der Waals surface area contributed by atoms with Crippen LogP contribution in [0.3, 0.4) is 0 Å². The van der Waals surface area contributed by atoms with E-state index in [9.17, 15) is 9.36 Å². The summed E-state index contributed by atoms with van der Waals surface area (Å²) in [5, 5.41) is 0. The van der Waals surface area contributed by atoms with Gasteiger partial charge in [0.15, 0.2) is 0 Å². The van der Waals surface area contributed by atoms with Gasteiger partial charge in [0, 0.05) is 12.2 Å². The fourth-order valence-electron chi connectivity index (χ4n) is 0.729. The van der Waals surface area contributed by atoms with Crippen LogP contribution in [0.25, 0.3) is 0 Å². The molecule has 0 atom stereocenters. The van der Waals surface area contributed by atoms with Gasteiger partial charge in [-0.05, 0) is 13.8 Å². The van der Waals surface area contributed by atoms with Gasteiger partial charge in [-0.2, -0.15) is 0 Å². The van der Waals surface area contributed by atoms with Crippen LogP contribution < -0.4 is 0 Å². The summed E-state index contributed by atoms with van der Waals surface area (Å²) in [7, 11) is -3.09. The number of carbonyl (C=O) groups excluding carboxylic acids is 1. The van der Waals surface area contributed by atoms with Gasteiger partial charge in [0.25, 0.3) is 0 Å². The molecule has 0 aromatic rings. The predicted octanol–water partition coefficient (Wildman–Crippen LogP) is 2.36. The molecule has 13 heavy (non-hydrogen) atoms. The van der Waals surface area contributed by atoms with Crippen molar-refractivity contribution in [1.29, 1.82) is 0 Å². The second-order valence-corrected chi connectivity index (χ2v) is 4.06. The Kier molecular flexibility index (Phi) is 6.77. The van der Waals surface area contributed by atoms with Crippen molar-refractivity contribution in [1.82, 2.24) is 0 Å². The first kappa shape index (κ1) is 12.6. The van der Waals surface area contributed by atoms with Crippen molar-refractivity contribution in [3.63, 3.8) is 0 Å². The summed E-state index contributed by atoms with van der Waals surface area (Å²) in [5.41, 5.74) is 0. The number of carbonyl (C=O) groups is 1. The Balaban J connectivity index is 4.22. The van der Waals surface area contributed by atoms with Crippen LogP contribution in [0.2, 0.25) is 0 Å². The first-order chi connectivity index (χ1) is 6.18. The highest BCUT2D eigenvalue weighted by Crippen LogP contribution is 2.49. The van der Waals surface area contributed by atoms with E-state index in [0.717, 1.165) is 6.29 Å². The van der Waals surface area contributed by atoms with E-state index in [-0.39, 0.29) is 6.42 Å². The standard InChI is InChI=1S/C8H15O4P/c1-3-11-13(10,12-4-2)8-6-5-7-9/h6-8H,3-5H2,1-2H3.